The highest BCUT2D eigenvalue weighted by atomic mass is 16.5. The number of ketones is 1. The average Bonchev–Trinajstić information content (AvgIpc) is 2.59. The highest BCUT2D eigenvalue weighted by molar-refractivity contribution is 6.07. The fourth-order valence-electron chi connectivity index (χ4n) is 2.16. The van der Waals surface area contributed by atoms with E-state index >= 15 is 0 Å². The molecule has 2 amide bonds. The van der Waals surface area contributed by atoms with Gasteiger partial charge in [-0.05, 0) is 61.9 Å². The number of rotatable bonds is 6. The molecule has 0 aliphatic rings. The van der Waals surface area contributed by atoms with Gasteiger partial charge in [0.15, 0.2) is 5.78 Å². The van der Waals surface area contributed by atoms with Crippen LogP contribution in [0.25, 0.3) is 6.08 Å². The molecule has 0 spiro atoms. The number of anilines is 1. The van der Waals surface area contributed by atoms with Gasteiger partial charge in [0.1, 0.15) is 5.75 Å². The molecule has 0 atom stereocenters. The van der Waals surface area contributed by atoms with Gasteiger partial charge in [-0.25, -0.2) is 4.79 Å². The molecular formula is C20H22N2O3. The van der Waals surface area contributed by atoms with E-state index in [0.717, 1.165) is 11.3 Å². The Balaban J connectivity index is 2.00. The summed E-state index contributed by atoms with van der Waals surface area (Å²) in [5.41, 5.74) is 2.07. The van der Waals surface area contributed by atoms with Crippen LogP contribution in [-0.4, -0.2) is 25.0 Å². The summed E-state index contributed by atoms with van der Waals surface area (Å²) in [4.78, 5) is 23.9. The molecule has 130 valence electrons. The van der Waals surface area contributed by atoms with Crippen molar-refractivity contribution in [2.24, 2.45) is 0 Å². The zero-order valence-electron chi connectivity index (χ0n) is 14.6. The average molecular weight is 338 g/mol. The van der Waals surface area contributed by atoms with Crippen molar-refractivity contribution in [1.29, 1.82) is 0 Å². The van der Waals surface area contributed by atoms with Crippen molar-refractivity contribution < 1.29 is 14.3 Å². The van der Waals surface area contributed by atoms with Crippen molar-refractivity contribution >= 4 is 23.6 Å². The summed E-state index contributed by atoms with van der Waals surface area (Å²) >= 11 is 0. The SMILES string of the molecule is COc1cccc(/C=C/C(=O)c2ccc(NC(=O)NC(C)C)cc2)c1. The summed E-state index contributed by atoms with van der Waals surface area (Å²) in [5.74, 6) is 0.630. The van der Waals surface area contributed by atoms with Crippen molar-refractivity contribution in [2.45, 2.75) is 19.9 Å². The van der Waals surface area contributed by atoms with Crippen LogP contribution >= 0.6 is 0 Å². The van der Waals surface area contributed by atoms with Gasteiger partial charge in [-0.15, -0.1) is 0 Å². The van der Waals surface area contributed by atoms with Crippen molar-refractivity contribution in [2.75, 3.05) is 12.4 Å². The minimum absolute atomic E-state index is 0.0580. The lowest BCUT2D eigenvalue weighted by Gasteiger charge is -2.10. The molecule has 5 nitrogen and oxygen atoms in total. The third-order valence-electron chi connectivity index (χ3n) is 3.37. The molecule has 25 heavy (non-hydrogen) atoms. The fraction of sp³-hybridized carbons (Fsp3) is 0.200. The van der Waals surface area contributed by atoms with Crippen LogP contribution in [0, 0.1) is 0 Å². The number of carbonyl (C=O) groups is 2. The second-order valence-electron chi connectivity index (χ2n) is 5.80. The predicted molar refractivity (Wildman–Crippen MR) is 100 cm³/mol. The fourth-order valence-corrected chi connectivity index (χ4v) is 2.16. The van der Waals surface area contributed by atoms with E-state index in [0.29, 0.717) is 11.3 Å². The molecule has 2 rings (SSSR count). The molecule has 0 aliphatic heterocycles. The molecule has 0 radical (unpaired) electrons. The quantitative estimate of drug-likeness (QED) is 0.615. The Morgan fingerprint density at radius 3 is 2.44 bits per heavy atom. The van der Waals surface area contributed by atoms with Gasteiger partial charge in [-0.2, -0.15) is 0 Å². The van der Waals surface area contributed by atoms with Gasteiger partial charge in [-0.1, -0.05) is 18.2 Å². The molecule has 2 aromatic rings. The molecule has 0 heterocycles. The maximum Gasteiger partial charge on any atom is 0.319 e. The van der Waals surface area contributed by atoms with E-state index in [1.54, 1.807) is 37.5 Å². The molecule has 2 aromatic carbocycles. The van der Waals surface area contributed by atoms with E-state index < -0.39 is 0 Å². The number of methoxy groups -OCH3 is 1. The minimum atomic E-state index is -0.271. The van der Waals surface area contributed by atoms with Crippen LogP contribution in [0.4, 0.5) is 10.5 Å². The number of allylic oxidation sites excluding steroid dienone is 1. The summed E-state index contributed by atoms with van der Waals surface area (Å²) in [6, 6.07) is 14.0. The summed E-state index contributed by atoms with van der Waals surface area (Å²) < 4.78 is 5.16. The van der Waals surface area contributed by atoms with Crippen LogP contribution in [0.2, 0.25) is 0 Å². The molecule has 0 saturated heterocycles. The Labute approximate surface area is 147 Å². The number of ether oxygens (including phenoxy) is 1. The number of hydrogen-bond acceptors (Lipinski definition) is 3. The first-order chi connectivity index (χ1) is 12.0. The third kappa shape index (κ3) is 5.80. The second-order valence-corrected chi connectivity index (χ2v) is 5.80. The number of benzene rings is 2. The minimum Gasteiger partial charge on any atom is -0.497 e. The first-order valence-corrected chi connectivity index (χ1v) is 8.02. The topological polar surface area (TPSA) is 67.4 Å². The largest absolute Gasteiger partial charge is 0.497 e. The lowest BCUT2D eigenvalue weighted by Crippen LogP contribution is -2.34. The molecule has 5 heteroatoms. The number of carbonyl (C=O) groups excluding carboxylic acids is 2. The predicted octanol–water partition coefficient (Wildman–Crippen LogP) is 4.12. The van der Waals surface area contributed by atoms with Gasteiger partial charge < -0.3 is 15.4 Å². The molecule has 2 N–H and O–H groups in total. The number of nitrogens with one attached hydrogen (secondary N) is 2. The highest BCUT2D eigenvalue weighted by Gasteiger charge is 2.05. The van der Waals surface area contributed by atoms with Crippen LogP contribution in [0.3, 0.4) is 0 Å². The summed E-state index contributed by atoms with van der Waals surface area (Å²) in [7, 11) is 1.60. The van der Waals surface area contributed by atoms with Crippen LogP contribution in [0.5, 0.6) is 5.75 Å². The monoisotopic (exact) mass is 338 g/mol. The van der Waals surface area contributed by atoms with Crippen molar-refractivity contribution in [3.8, 4) is 5.75 Å². The van der Waals surface area contributed by atoms with E-state index in [-0.39, 0.29) is 17.9 Å². The van der Waals surface area contributed by atoms with Crippen molar-refractivity contribution in [3.63, 3.8) is 0 Å². The smallest absolute Gasteiger partial charge is 0.319 e. The summed E-state index contributed by atoms with van der Waals surface area (Å²) in [5, 5.41) is 5.45. The summed E-state index contributed by atoms with van der Waals surface area (Å²) in [6.07, 6.45) is 3.26. The van der Waals surface area contributed by atoms with Gasteiger partial charge in [0, 0.05) is 17.3 Å². The Hall–Kier alpha value is -3.08. The van der Waals surface area contributed by atoms with E-state index in [1.807, 2.05) is 38.1 Å². The molecule has 0 aliphatic carbocycles. The number of amides is 2. The molecule has 0 aromatic heterocycles. The van der Waals surface area contributed by atoms with Crippen LogP contribution in [-0.2, 0) is 0 Å². The highest BCUT2D eigenvalue weighted by Crippen LogP contribution is 2.15. The van der Waals surface area contributed by atoms with Crippen LogP contribution in [0.1, 0.15) is 29.8 Å². The lowest BCUT2D eigenvalue weighted by atomic mass is 10.1. The summed E-state index contributed by atoms with van der Waals surface area (Å²) in [6.45, 7) is 3.77. The maximum atomic E-state index is 12.2. The second kappa shape index (κ2) is 8.68. The van der Waals surface area contributed by atoms with Gasteiger partial charge in [-0.3, -0.25) is 4.79 Å². The zero-order valence-corrected chi connectivity index (χ0v) is 14.6. The lowest BCUT2D eigenvalue weighted by molar-refractivity contribution is 0.104. The Kier molecular flexibility index (Phi) is 6.34. The molecule has 0 fully saturated rings. The normalized spacial score (nSPS) is 10.7. The van der Waals surface area contributed by atoms with E-state index in [2.05, 4.69) is 10.6 Å². The standard InChI is InChI=1S/C20H22N2O3/c1-14(2)21-20(24)22-17-10-8-16(9-11-17)19(23)12-7-15-5-4-6-18(13-15)25-3/h4-14H,1-3H3,(H2,21,22,24)/b12-7+. The van der Waals surface area contributed by atoms with E-state index in [1.165, 1.54) is 6.08 Å². The zero-order chi connectivity index (χ0) is 18.2. The molecular weight excluding hydrogens is 316 g/mol. The van der Waals surface area contributed by atoms with E-state index in [4.69, 9.17) is 4.74 Å². The van der Waals surface area contributed by atoms with Gasteiger partial charge in [0.05, 0.1) is 7.11 Å². The first kappa shape index (κ1) is 18.3. The molecule has 0 bridgehead atoms. The van der Waals surface area contributed by atoms with Gasteiger partial charge in [0.25, 0.3) is 0 Å². The third-order valence-corrected chi connectivity index (χ3v) is 3.37. The Morgan fingerprint density at radius 2 is 1.80 bits per heavy atom. The van der Waals surface area contributed by atoms with Crippen LogP contribution < -0.4 is 15.4 Å². The number of urea groups is 1. The molecule has 0 unspecified atom stereocenters. The van der Waals surface area contributed by atoms with Crippen LogP contribution in [0.15, 0.2) is 54.6 Å². The number of hydrogen-bond donors (Lipinski definition) is 2. The molecule has 0 saturated carbocycles. The van der Waals surface area contributed by atoms with Crippen molar-refractivity contribution in [3.05, 3.63) is 65.7 Å². The van der Waals surface area contributed by atoms with Gasteiger partial charge >= 0.3 is 6.03 Å². The van der Waals surface area contributed by atoms with Crippen molar-refractivity contribution in [1.82, 2.24) is 5.32 Å². The Bertz CT molecular complexity index is 765. The first-order valence-electron chi connectivity index (χ1n) is 8.02. The van der Waals surface area contributed by atoms with E-state index in [9.17, 15) is 9.59 Å². The van der Waals surface area contributed by atoms with Gasteiger partial charge in [0.2, 0.25) is 0 Å². The Morgan fingerprint density at radius 1 is 1.08 bits per heavy atom. The maximum absolute atomic E-state index is 12.2.